The highest BCUT2D eigenvalue weighted by Gasteiger charge is 2.51. The standard InChI is InChI=1S/C60H35N3O2/c1-2-16-36(17-3-1)59-62-50(35-51(63-59)43-24-15-23-40-39-20-6-11-29-52(39)65-58(40)43)37-18-14-19-38(34-37)57-44-32-33-48-56(55(44)42-22-5-10-28-49(42)61-57)41-21-4-7-25-45(41)60(48)46-26-8-12-30-53(46)64-54-31-13-9-27-47(54)60/h1-35H. The molecule has 0 amide bonds. The molecule has 14 rings (SSSR count). The maximum Gasteiger partial charge on any atom is 0.160 e. The lowest BCUT2D eigenvalue weighted by molar-refractivity contribution is 0.436. The maximum atomic E-state index is 6.65. The third-order valence-corrected chi connectivity index (χ3v) is 13.5. The van der Waals surface area contributed by atoms with Crippen molar-refractivity contribution in [3.05, 3.63) is 235 Å². The van der Waals surface area contributed by atoms with Gasteiger partial charge in [-0.05, 0) is 64.7 Å². The minimum absolute atomic E-state index is 0.579. The number of pyridine rings is 1. The van der Waals surface area contributed by atoms with Crippen molar-refractivity contribution in [3.8, 4) is 67.8 Å². The number of nitrogens with zero attached hydrogens (tertiary/aromatic N) is 3. The van der Waals surface area contributed by atoms with E-state index in [1.165, 1.54) is 27.6 Å². The van der Waals surface area contributed by atoms with E-state index in [0.29, 0.717) is 5.82 Å². The summed E-state index contributed by atoms with van der Waals surface area (Å²) in [6.07, 6.45) is 0. The summed E-state index contributed by atoms with van der Waals surface area (Å²) >= 11 is 0. The Morgan fingerprint density at radius 3 is 1.86 bits per heavy atom. The second-order valence-corrected chi connectivity index (χ2v) is 17.0. The van der Waals surface area contributed by atoms with Gasteiger partial charge in [0.05, 0.1) is 28.0 Å². The van der Waals surface area contributed by atoms with Gasteiger partial charge in [-0.25, -0.2) is 15.0 Å². The zero-order valence-corrected chi connectivity index (χ0v) is 34.9. The summed E-state index contributed by atoms with van der Waals surface area (Å²) in [5.74, 6) is 2.40. The van der Waals surface area contributed by atoms with Gasteiger partial charge in [0.1, 0.15) is 22.7 Å². The summed E-state index contributed by atoms with van der Waals surface area (Å²) in [5.41, 5.74) is 15.6. The largest absolute Gasteiger partial charge is 0.457 e. The van der Waals surface area contributed by atoms with Crippen LogP contribution >= 0.6 is 0 Å². The molecule has 1 aliphatic carbocycles. The third kappa shape index (κ3) is 5.12. The Labute approximate surface area is 373 Å². The molecule has 0 N–H and O–H groups in total. The van der Waals surface area contributed by atoms with Crippen LogP contribution in [0, 0.1) is 0 Å². The van der Waals surface area contributed by atoms with E-state index in [2.05, 4.69) is 176 Å². The van der Waals surface area contributed by atoms with Gasteiger partial charge in [0, 0.05) is 60.3 Å². The quantitative estimate of drug-likeness (QED) is 0.165. The number of aromatic nitrogens is 3. The molecule has 0 atom stereocenters. The Hall–Kier alpha value is -8.67. The van der Waals surface area contributed by atoms with E-state index in [4.69, 9.17) is 24.1 Å². The van der Waals surface area contributed by atoms with Crippen molar-refractivity contribution in [2.45, 2.75) is 5.41 Å². The molecule has 65 heavy (non-hydrogen) atoms. The molecule has 0 saturated heterocycles. The Balaban J connectivity index is 1.00. The molecule has 0 saturated carbocycles. The molecule has 0 fully saturated rings. The predicted octanol–water partition coefficient (Wildman–Crippen LogP) is 15.2. The lowest BCUT2D eigenvalue weighted by Crippen LogP contribution is -2.32. The molecule has 1 spiro atoms. The fourth-order valence-corrected chi connectivity index (χ4v) is 10.8. The summed E-state index contributed by atoms with van der Waals surface area (Å²) in [4.78, 5) is 15.9. The Morgan fingerprint density at radius 1 is 0.385 bits per heavy atom. The number of rotatable bonds is 4. The molecule has 5 heteroatoms. The summed E-state index contributed by atoms with van der Waals surface area (Å²) in [5, 5.41) is 5.53. The van der Waals surface area contributed by atoms with Crippen LogP contribution in [0.1, 0.15) is 22.3 Å². The van der Waals surface area contributed by atoms with Crippen molar-refractivity contribution in [1.29, 1.82) is 0 Å². The highest BCUT2D eigenvalue weighted by Crippen LogP contribution is 2.63. The molecule has 302 valence electrons. The summed E-state index contributed by atoms with van der Waals surface area (Å²) in [6, 6.07) is 74.6. The van der Waals surface area contributed by atoms with E-state index in [1.807, 2.05) is 36.4 Å². The van der Waals surface area contributed by atoms with Crippen LogP contribution in [0.25, 0.3) is 99.9 Å². The van der Waals surface area contributed by atoms with E-state index >= 15 is 0 Å². The van der Waals surface area contributed by atoms with E-state index in [0.717, 1.165) is 100 Å². The Kier molecular flexibility index (Phi) is 7.54. The molecule has 0 radical (unpaired) electrons. The minimum atomic E-state index is -0.579. The van der Waals surface area contributed by atoms with Gasteiger partial charge in [0.25, 0.3) is 0 Å². The van der Waals surface area contributed by atoms with Gasteiger partial charge in [-0.15, -0.1) is 0 Å². The van der Waals surface area contributed by atoms with Crippen LogP contribution in [0.3, 0.4) is 0 Å². The SMILES string of the molecule is c1ccc(-c2nc(-c3cccc(-c4nc5ccccc5c5c6c(ccc45)C4(c5ccccc5Oc5ccccc54)c4ccccc4-6)c3)cc(-c3cccc4c3oc3ccccc34)n2)cc1. The minimum Gasteiger partial charge on any atom is -0.457 e. The van der Waals surface area contributed by atoms with Crippen molar-refractivity contribution in [1.82, 2.24) is 15.0 Å². The molecule has 0 bridgehead atoms. The van der Waals surface area contributed by atoms with Crippen molar-refractivity contribution < 1.29 is 9.15 Å². The first kappa shape index (κ1) is 35.9. The average Bonchev–Trinajstić information content (AvgIpc) is 3.90. The molecular formula is C60H35N3O2. The average molecular weight is 830 g/mol. The van der Waals surface area contributed by atoms with Gasteiger partial charge in [-0.2, -0.15) is 0 Å². The van der Waals surface area contributed by atoms with Gasteiger partial charge >= 0.3 is 0 Å². The molecule has 1 aliphatic heterocycles. The van der Waals surface area contributed by atoms with Crippen LogP contribution in [0.15, 0.2) is 217 Å². The smallest absolute Gasteiger partial charge is 0.160 e. The number of hydrogen-bond acceptors (Lipinski definition) is 5. The maximum absolute atomic E-state index is 6.65. The molecule has 0 unspecified atom stereocenters. The van der Waals surface area contributed by atoms with Crippen molar-refractivity contribution in [2.24, 2.45) is 0 Å². The number of furan rings is 1. The predicted molar refractivity (Wildman–Crippen MR) is 261 cm³/mol. The normalized spacial score (nSPS) is 13.2. The van der Waals surface area contributed by atoms with E-state index in [1.54, 1.807) is 0 Å². The molecule has 3 aromatic heterocycles. The zero-order chi connectivity index (χ0) is 42.6. The zero-order valence-electron chi connectivity index (χ0n) is 34.9. The molecule has 5 nitrogen and oxygen atoms in total. The van der Waals surface area contributed by atoms with E-state index in [9.17, 15) is 0 Å². The topological polar surface area (TPSA) is 61.0 Å². The van der Waals surface area contributed by atoms with Crippen LogP contribution in [0.5, 0.6) is 11.5 Å². The first-order valence-corrected chi connectivity index (χ1v) is 22.0. The van der Waals surface area contributed by atoms with E-state index in [-0.39, 0.29) is 0 Å². The Morgan fingerprint density at radius 2 is 1.02 bits per heavy atom. The fraction of sp³-hybridized carbons (Fsp3) is 0.0167. The fourth-order valence-electron chi connectivity index (χ4n) is 10.8. The van der Waals surface area contributed by atoms with Crippen LogP contribution in [0.4, 0.5) is 0 Å². The van der Waals surface area contributed by atoms with Gasteiger partial charge in [-0.1, -0.05) is 170 Å². The van der Waals surface area contributed by atoms with Gasteiger partial charge < -0.3 is 9.15 Å². The second kappa shape index (κ2) is 13.7. The lowest BCUT2D eigenvalue weighted by atomic mass is 9.66. The van der Waals surface area contributed by atoms with Crippen molar-refractivity contribution in [3.63, 3.8) is 0 Å². The highest BCUT2D eigenvalue weighted by molar-refractivity contribution is 6.19. The van der Waals surface area contributed by atoms with Crippen molar-refractivity contribution in [2.75, 3.05) is 0 Å². The molecule has 9 aromatic carbocycles. The highest BCUT2D eigenvalue weighted by atomic mass is 16.5. The second-order valence-electron chi connectivity index (χ2n) is 17.0. The Bertz CT molecular complexity index is 3900. The summed E-state index contributed by atoms with van der Waals surface area (Å²) in [6.45, 7) is 0. The third-order valence-electron chi connectivity index (χ3n) is 13.5. The number of para-hydroxylation sites is 5. The van der Waals surface area contributed by atoms with Crippen LogP contribution < -0.4 is 4.74 Å². The number of fused-ring (bicyclic) bond motifs is 16. The van der Waals surface area contributed by atoms with Crippen molar-refractivity contribution >= 4 is 43.6 Å². The summed E-state index contributed by atoms with van der Waals surface area (Å²) in [7, 11) is 0. The van der Waals surface area contributed by atoms with Gasteiger partial charge in [-0.3, -0.25) is 0 Å². The molecular weight excluding hydrogens is 795 g/mol. The van der Waals surface area contributed by atoms with Crippen LogP contribution in [-0.4, -0.2) is 15.0 Å². The first-order chi connectivity index (χ1) is 32.2. The number of hydrogen-bond donors (Lipinski definition) is 0. The van der Waals surface area contributed by atoms with Crippen LogP contribution in [0.2, 0.25) is 0 Å². The monoisotopic (exact) mass is 829 g/mol. The van der Waals surface area contributed by atoms with E-state index < -0.39 is 5.41 Å². The first-order valence-electron chi connectivity index (χ1n) is 22.0. The summed E-state index contributed by atoms with van der Waals surface area (Å²) < 4.78 is 13.2. The molecule has 12 aromatic rings. The molecule has 4 heterocycles. The number of benzene rings is 9. The molecule has 2 aliphatic rings. The van der Waals surface area contributed by atoms with Gasteiger partial charge in [0.2, 0.25) is 0 Å². The van der Waals surface area contributed by atoms with Gasteiger partial charge in [0.15, 0.2) is 5.82 Å². The van der Waals surface area contributed by atoms with Crippen LogP contribution in [-0.2, 0) is 5.41 Å². The number of ether oxygens (including phenoxy) is 1. The lowest BCUT2D eigenvalue weighted by Gasteiger charge is -2.39.